The number of hydrogen-bond donors (Lipinski definition) is 2. The third-order valence-corrected chi connectivity index (χ3v) is 5.14. The molecule has 28 heavy (non-hydrogen) atoms. The minimum absolute atomic E-state index is 0.0289. The van der Waals surface area contributed by atoms with Gasteiger partial charge < -0.3 is 10.5 Å². The second kappa shape index (κ2) is 9.38. The summed E-state index contributed by atoms with van der Waals surface area (Å²) >= 11 is 0. The molecule has 0 aromatic heterocycles. The second-order valence-electron chi connectivity index (χ2n) is 5.76. The van der Waals surface area contributed by atoms with Crippen molar-refractivity contribution >= 4 is 21.9 Å². The predicted molar refractivity (Wildman–Crippen MR) is 95.2 cm³/mol. The molecule has 3 N–H and O–H groups in total. The van der Waals surface area contributed by atoms with Gasteiger partial charge in [0.15, 0.2) is 0 Å². The number of benzene rings is 2. The number of sulfonamides is 1. The highest BCUT2D eigenvalue weighted by atomic mass is 32.2. The van der Waals surface area contributed by atoms with E-state index >= 15 is 0 Å². The largest absolute Gasteiger partial charge is 0.447 e. The summed E-state index contributed by atoms with van der Waals surface area (Å²) < 4.78 is 57.6. The fourth-order valence-corrected chi connectivity index (χ4v) is 3.45. The van der Waals surface area contributed by atoms with Crippen LogP contribution in [0.2, 0.25) is 0 Å². The fraction of sp³-hybridized carbons (Fsp3) is 0.222. The number of nitrogens with one attached hydrogen (secondary N) is 1. The summed E-state index contributed by atoms with van der Waals surface area (Å²) in [6.45, 7) is -0.194. The summed E-state index contributed by atoms with van der Waals surface area (Å²) in [5.41, 5.74) is 5.66. The van der Waals surface area contributed by atoms with Gasteiger partial charge in [0.1, 0.15) is 16.5 Å². The highest BCUT2D eigenvalue weighted by molar-refractivity contribution is 7.89. The first-order chi connectivity index (χ1) is 13.2. The Labute approximate surface area is 160 Å². The third kappa shape index (κ3) is 5.83. The first-order valence-corrected chi connectivity index (χ1v) is 9.67. The molecule has 2 rings (SSSR count). The van der Waals surface area contributed by atoms with Gasteiger partial charge in [-0.1, -0.05) is 30.3 Å². The highest BCUT2D eigenvalue weighted by Gasteiger charge is 2.23. The molecule has 0 bridgehead atoms. The molecule has 0 aliphatic heterocycles. The van der Waals surface area contributed by atoms with Crippen LogP contribution in [0, 0.1) is 11.6 Å². The van der Waals surface area contributed by atoms with Crippen LogP contribution < -0.4 is 10.5 Å². The van der Waals surface area contributed by atoms with Gasteiger partial charge >= 0.3 is 5.97 Å². The van der Waals surface area contributed by atoms with E-state index < -0.39 is 44.5 Å². The molecular formula is C18H18F2N2O5S. The van der Waals surface area contributed by atoms with Crippen LogP contribution in [0.25, 0.3) is 0 Å². The number of halogens is 2. The standard InChI is InChI=1S/C18H18F2N2O5S/c19-13-8-9-15(14(20)11-13)28(25,26)22-10-4-7-16(23)27-17(18(21)24)12-5-2-1-3-6-12/h1-3,5-6,8-9,11,17,22H,4,7,10H2,(H2,21,24). The van der Waals surface area contributed by atoms with Gasteiger partial charge in [-0.2, -0.15) is 0 Å². The van der Waals surface area contributed by atoms with Crippen molar-refractivity contribution in [1.29, 1.82) is 0 Å². The molecule has 7 nitrogen and oxygen atoms in total. The Hall–Kier alpha value is -2.85. The molecule has 0 heterocycles. The molecule has 0 fully saturated rings. The quantitative estimate of drug-likeness (QED) is 0.481. The molecule has 0 aliphatic carbocycles. The summed E-state index contributed by atoms with van der Waals surface area (Å²) in [4.78, 5) is 22.7. The van der Waals surface area contributed by atoms with E-state index in [2.05, 4.69) is 4.72 Å². The lowest BCUT2D eigenvalue weighted by atomic mass is 10.1. The summed E-state index contributed by atoms with van der Waals surface area (Å²) in [6, 6.07) is 10.3. The van der Waals surface area contributed by atoms with Gasteiger partial charge in [0.05, 0.1) is 0 Å². The van der Waals surface area contributed by atoms with Crippen molar-refractivity contribution in [1.82, 2.24) is 4.72 Å². The SMILES string of the molecule is NC(=O)C(OC(=O)CCCNS(=O)(=O)c1ccc(F)cc1F)c1ccccc1. The minimum atomic E-state index is -4.20. The molecule has 1 amide bonds. The van der Waals surface area contributed by atoms with Gasteiger partial charge in [0, 0.05) is 24.6 Å². The predicted octanol–water partition coefficient (Wildman–Crippen LogP) is 1.79. The van der Waals surface area contributed by atoms with E-state index in [9.17, 15) is 26.8 Å². The lowest BCUT2D eigenvalue weighted by Gasteiger charge is -2.15. The molecule has 0 saturated carbocycles. The highest BCUT2D eigenvalue weighted by Crippen LogP contribution is 2.18. The molecule has 0 spiro atoms. The van der Waals surface area contributed by atoms with Crippen LogP contribution in [0.1, 0.15) is 24.5 Å². The molecule has 0 aliphatic rings. The molecule has 10 heteroatoms. The zero-order chi connectivity index (χ0) is 20.7. The normalized spacial score (nSPS) is 12.4. The minimum Gasteiger partial charge on any atom is -0.447 e. The Morgan fingerprint density at radius 2 is 1.79 bits per heavy atom. The number of primary amides is 1. The fourth-order valence-electron chi connectivity index (χ4n) is 2.32. The van der Waals surface area contributed by atoms with Crippen LogP contribution >= 0.6 is 0 Å². The van der Waals surface area contributed by atoms with Crippen LogP contribution in [0.15, 0.2) is 53.4 Å². The van der Waals surface area contributed by atoms with Crippen LogP contribution in [0.5, 0.6) is 0 Å². The molecule has 1 atom stereocenters. The maximum absolute atomic E-state index is 13.6. The number of amides is 1. The summed E-state index contributed by atoms with van der Waals surface area (Å²) in [5.74, 6) is -3.72. The van der Waals surface area contributed by atoms with Gasteiger partial charge in [-0.05, 0) is 18.6 Å². The molecular weight excluding hydrogens is 394 g/mol. The Morgan fingerprint density at radius 1 is 1.11 bits per heavy atom. The van der Waals surface area contributed by atoms with E-state index in [1.165, 1.54) is 0 Å². The van der Waals surface area contributed by atoms with E-state index in [4.69, 9.17) is 10.5 Å². The van der Waals surface area contributed by atoms with E-state index in [-0.39, 0.29) is 19.4 Å². The van der Waals surface area contributed by atoms with E-state index in [1.54, 1.807) is 30.3 Å². The molecule has 150 valence electrons. The summed E-state index contributed by atoms with van der Waals surface area (Å²) in [7, 11) is -4.20. The number of ether oxygens (including phenoxy) is 1. The van der Waals surface area contributed by atoms with Crippen molar-refractivity contribution in [3.05, 3.63) is 65.7 Å². The van der Waals surface area contributed by atoms with Crippen molar-refractivity contribution in [2.75, 3.05) is 6.54 Å². The van der Waals surface area contributed by atoms with Gasteiger partial charge in [-0.15, -0.1) is 0 Å². The number of hydrogen-bond acceptors (Lipinski definition) is 5. The topological polar surface area (TPSA) is 116 Å². The van der Waals surface area contributed by atoms with Gasteiger partial charge in [-0.3, -0.25) is 9.59 Å². The van der Waals surface area contributed by atoms with Crippen LogP contribution in [0.3, 0.4) is 0 Å². The van der Waals surface area contributed by atoms with Crippen LogP contribution in [-0.2, 0) is 24.3 Å². The van der Waals surface area contributed by atoms with Crippen molar-refractivity contribution < 1.29 is 31.5 Å². The molecule has 0 radical (unpaired) electrons. The van der Waals surface area contributed by atoms with Crippen molar-refractivity contribution in [2.45, 2.75) is 23.8 Å². The smallest absolute Gasteiger partial charge is 0.306 e. The average molecular weight is 412 g/mol. The Balaban J connectivity index is 1.87. The van der Waals surface area contributed by atoms with Crippen LogP contribution in [0.4, 0.5) is 8.78 Å². The average Bonchev–Trinajstić information content (AvgIpc) is 2.63. The number of carbonyl (C=O) groups excluding carboxylic acids is 2. The lowest BCUT2D eigenvalue weighted by Crippen LogP contribution is -2.28. The van der Waals surface area contributed by atoms with Crippen molar-refractivity contribution in [3.63, 3.8) is 0 Å². The lowest BCUT2D eigenvalue weighted by molar-refractivity contribution is -0.155. The first kappa shape index (κ1) is 21.5. The monoisotopic (exact) mass is 412 g/mol. The maximum Gasteiger partial charge on any atom is 0.306 e. The van der Waals surface area contributed by atoms with Gasteiger partial charge in [0.25, 0.3) is 5.91 Å². The summed E-state index contributed by atoms with van der Waals surface area (Å²) in [6.07, 6.45) is -1.43. The third-order valence-electron chi connectivity index (χ3n) is 3.64. The second-order valence-corrected chi connectivity index (χ2v) is 7.49. The van der Waals surface area contributed by atoms with Crippen LogP contribution in [-0.4, -0.2) is 26.8 Å². The maximum atomic E-state index is 13.6. The van der Waals surface area contributed by atoms with E-state index in [0.717, 1.165) is 12.1 Å². The van der Waals surface area contributed by atoms with Crippen molar-refractivity contribution in [3.8, 4) is 0 Å². The zero-order valence-corrected chi connectivity index (χ0v) is 15.4. The molecule has 0 saturated heterocycles. The number of esters is 1. The number of rotatable bonds is 9. The van der Waals surface area contributed by atoms with E-state index in [1.807, 2.05) is 0 Å². The Morgan fingerprint density at radius 3 is 2.39 bits per heavy atom. The molecule has 2 aromatic rings. The van der Waals surface area contributed by atoms with Gasteiger partial charge in [-0.25, -0.2) is 21.9 Å². The van der Waals surface area contributed by atoms with Crippen molar-refractivity contribution in [2.24, 2.45) is 5.73 Å². The zero-order valence-electron chi connectivity index (χ0n) is 14.6. The summed E-state index contributed by atoms with van der Waals surface area (Å²) in [5, 5.41) is 0. The van der Waals surface area contributed by atoms with E-state index in [0.29, 0.717) is 11.6 Å². The number of nitrogens with two attached hydrogens (primary N) is 1. The Bertz CT molecular complexity index is 952. The van der Waals surface area contributed by atoms with Gasteiger partial charge in [0.2, 0.25) is 16.1 Å². The molecule has 1 unspecified atom stereocenters. The Kier molecular flexibility index (Phi) is 7.18. The molecule has 2 aromatic carbocycles. The number of carbonyl (C=O) groups is 2. The first-order valence-electron chi connectivity index (χ1n) is 8.19.